The van der Waals surface area contributed by atoms with Gasteiger partial charge in [-0.3, -0.25) is 4.90 Å². The predicted molar refractivity (Wildman–Crippen MR) is 114 cm³/mol. The van der Waals surface area contributed by atoms with Gasteiger partial charge in [-0.15, -0.1) is 0 Å². The Morgan fingerprint density at radius 2 is 1.71 bits per heavy atom. The number of halogens is 1. The fourth-order valence-electron chi connectivity index (χ4n) is 4.04. The SMILES string of the molecule is OCCN1CCN(CC/C=C2/c3ccccc3COc3ccc(Cl)cc32)CC1. The van der Waals surface area contributed by atoms with E-state index in [0.717, 1.165) is 62.0 Å². The van der Waals surface area contributed by atoms with Gasteiger partial charge in [0, 0.05) is 49.9 Å². The van der Waals surface area contributed by atoms with Crippen molar-refractivity contribution in [1.29, 1.82) is 0 Å². The van der Waals surface area contributed by atoms with Gasteiger partial charge in [0.05, 0.1) is 6.61 Å². The number of nitrogens with zero attached hydrogens (tertiary/aromatic N) is 2. The zero-order valence-electron chi connectivity index (χ0n) is 16.1. The van der Waals surface area contributed by atoms with Crippen molar-refractivity contribution in [2.24, 2.45) is 0 Å². The maximum absolute atomic E-state index is 9.09. The van der Waals surface area contributed by atoms with Gasteiger partial charge in [-0.1, -0.05) is 41.9 Å². The Hall–Kier alpha value is -1.85. The van der Waals surface area contributed by atoms with E-state index in [9.17, 15) is 0 Å². The van der Waals surface area contributed by atoms with E-state index >= 15 is 0 Å². The quantitative estimate of drug-likeness (QED) is 0.833. The van der Waals surface area contributed by atoms with E-state index in [1.54, 1.807) is 0 Å². The average Bonchev–Trinajstić information content (AvgIpc) is 2.87. The number of fused-ring (bicyclic) bond motifs is 2. The van der Waals surface area contributed by atoms with Crippen molar-refractivity contribution < 1.29 is 9.84 Å². The lowest BCUT2D eigenvalue weighted by molar-refractivity contribution is 0.114. The summed E-state index contributed by atoms with van der Waals surface area (Å²) < 4.78 is 6.06. The van der Waals surface area contributed by atoms with E-state index in [1.807, 2.05) is 18.2 Å². The highest BCUT2D eigenvalue weighted by molar-refractivity contribution is 6.30. The van der Waals surface area contributed by atoms with Gasteiger partial charge in [0.15, 0.2) is 0 Å². The summed E-state index contributed by atoms with van der Waals surface area (Å²) in [6.07, 6.45) is 3.32. The minimum Gasteiger partial charge on any atom is -0.488 e. The molecule has 2 aliphatic rings. The molecule has 1 saturated heterocycles. The molecular formula is C23H27ClN2O2. The molecule has 0 atom stereocenters. The number of β-amino-alcohol motifs (C(OH)–C–C–N with tert-alkyl or cyclic N) is 1. The molecular weight excluding hydrogens is 372 g/mol. The number of hydrogen-bond acceptors (Lipinski definition) is 4. The van der Waals surface area contributed by atoms with Crippen LogP contribution < -0.4 is 4.74 Å². The lowest BCUT2D eigenvalue weighted by atomic mass is 9.93. The smallest absolute Gasteiger partial charge is 0.127 e. The van der Waals surface area contributed by atoms with Gasteiger partial charge in [-0.25, -0.2) is 0 Å². The number of benzene rings is 2. The van der Waals surface area contributed by atoms with E-state index in [0.29, 0.717) is 6.61 Å². The third-order valence-electron chi connectivity index (χ3n) is 5.60. The fraction of sp³-hybridized carbons (Fsp3) is 0.391. The zero-order chi connectivity index (χ0) is 19.3. The second-order valence-corrected chi connectivity index (χ2v) is 7.84. The lowest BCUT2D eigenvalue weighted by Gasteiger charge is -2.34. The molecule has 0 saturated carbocycles. The molecule has 28 heavy (non-hydrogen) atoms. The Balaban J connectivity index is 1.52. The van der Waals surface area contributed by atoms with E-state index in [-0.39, 0.29) is 6.61 Å². The molecule has 2 aromatic rings. The van der Waals surface area contributed by atoms with Crippen LogP contribution in [0.4, 0.5) is 0 Å². The van der Waals surface area contributed by atoms with Gasteiger partial charge in [-0.05, 0) is 41.3 Å². The molecule has 148 valence electrons. The number of aliphatic hydroxyl groups is 1. The first-order valence-electron chi connectivity index (χ1n) is 10.0. The van der Waals surface area contributed by atoms with Crippen LogP contribution in [-0.4, -0.2) is 60.8 Å². The molecule has 1 N–H and O–H groups in total. The van der Waals surface area contributed by atoms with Crippen LogP contribution in [0.15, 0.2) is 48.5 Å². The number of ether oxygens (including phenoxy) is 1. The van der Waals surface area contributed by atoms with Crippen LogP contribution in [0.25, 0.3) is 5.57 Å². The Morgan fingerprint density at radius 1 is 0.964 bits per heavy atom. The first kappa shape index (κ1) is 19.5. The molecule has 1 fully saturated rings. The van der Waals surface area contributed by atoms with Crippen molar-refractivity contribution in [3.05, 3.63) is 70.3 Å². The summed E-state index contributed by atoms with van der Waals surface area (Å²) in [6, 6.07) is 14.3. The Morgan fingerprint density at radius 3 is 2.50 bits per heavy atom. The van der Waals surface area contributed by atoms with Crippen molar-refractivity contribution in [1.82, 2.24) is 9.80 Å². The van der Waals surface area contributed by atoms with E-state index in [1.165, 1.54) is 16.7 Å². The molecule has 0 bridgehead atoms. The van der Waals surface area contributed by atoms with Crippen LogP contribution in [0.2, 0.25) is 5.02 Å². The molecule has 0 aromatic heterocycles. The largest absolute Gasteiger partial charge is 0.488 e. The molecule has 0 unspecified atom stereocenters. The second kappa shape index (κ2) is 9.10. The van der Waals surface area contributed by atoms with Gasteiger partial charge in [0.25, 0.3) is 0 Å². The van der Waals surface area contributed by atoms with Gasteiger partial charge < -0.3 is 14.7 Å². The number of aliphatic hydroxyl groups excluding tert-OH is 1. The minimum absolute atomic E-state index is 0.246. The Bertz CT molecular complexity index is 844. The number of piperazine rings is 1. The molecule has 0 amide bonds. The molecule has 2 aliphatic heterocycles. The molecule has 2 aromatic carbocycles. The monoisotopic (exact) mass is 398 g/mol. The van der Waals surface area contributed by atoms with Crippen molar-refractivity contribution >= 4 is 17.2 Å². The topological polar surface area (TPSA) is 35.9 Å². The highest BCUT2D eigenvalue weighted by atomic mass is 35.5. The number of hydrogen-bond donors (Lipinski definition) is 1. The average molecular weight is 399 g/mol. The summed E-state index contributed by atoms with van der Waals surface area (Å²) in [4.78, 5) is 4.83. The normalized spacial score (nSPS) is 19.0. The first-order chi connectivity index (χ1) is 13.7. The van der Waals surface area contributed by atoms with Crippen LogP contribution >= 0.6 is 11.6 Å². The van der Waals surface area contributed by atoms with Crippen molar-refractivity contribution in [2.75, 3.05) is 45.9 Å². The van der Waals surface area contributed by atoms with Gasteiger partial charge in [0.1, 0.15) is 12.4 Å². The lowest BCUT2D eigenvalue weighted by Crippen LogP contribution is -2.47. The third-order valence-corrected chi connectivity index (χ3v) is 5.83. The van der Waals surface area contributed by atoms with Crippen molar-refractivity contribution in [3.8, 4) is 5.75 Å². The second-order valence-electron chi connectivity index (χ2n) is 7.40. The van der Waals surface area contributed by atoms with E-state index < -0.39 is 0 Å². The van der Waals surface area contributed by atoms with Crippen LogP contribution in [-0.2, 0) is 6.61 Å². The summed E-state index contributed by atoms with van der Waals surface area (Å²) in [7, 11) is 0. The minimum atomic E-state index is 0.246. The molecule has 4 rings (SSSR count). The molecule has 0 radical (unpaired) electrons. The van der Waals surface area contributed by atoms with Crippen LogP contribution in [0, 0.1) is 0 Å². The Labute approximate surface area is 172 Å². The van der Waals surface area contributed by atoms with E-state index in [2.05, 4.69) is 40.1 Å². The highest BCUT2D eigenvalue weighted by Crippen LogP contribution is 2.38. The number of rotatable bonds is 5. The van der Waals surface area contributed by atoms with Crippen LogP contribution in [0.5, 0.6) is 5.75 Å². The summed E-state index contributed by atoms with van der Waals surface area (Å²) in [6.45, 7) is 6.83. The highest BCUT2D eigenvalue weighted by Gasteiger charge is 2.20. The molecule has 0 aliphatic carbocycles. The van der Waals surface area contributed by atoms with Gasteiger partial charge in [-0.2, -0.15) is 0 Å². The van der Waals surface area contributed by atoms with Crippen LogP contribution in [0.1, 0.15) is 23.1 Å². The van der Waals surface area contributed by atoms with Gasteiger partial charge in [0.2, 0.25) is 0 Å². The summed E-state index contributed by atoms with van der Waals surface area (Å²) >= 11 is 6.30. The Kier molecular flexibility index (Phi) is 6.33. The van der Waals surface area contributed by atoms with E-state index in [4.69, 9.17) is 21.4 Å². The molecule has 4 nitrogen and oxygen atoms in total. The van der Waals surface area contributed by atoms with Crippen LogP contribution in [0.3, 0.4) is 0 Å². The maximum atomic E-state index is 9.09. The molecule has 2 heterocycles. The summed E-state index contributed by atoms with van der Waals surface area (Å²) in [5, 5.41) is 9.82. The molecule has 0 spiro atoms. The summed E-state index contributed by atoms with van der Waals surface area (Å²) in [5.74, 6) is 0.893. The zero-order valence-corrected chi connectivity index (χ0v) is 16.9. The third kappa shape index (κ3) is 4.41. The predicted octanol–water partition coefficient (Wildman–Crippen LogP) is 3.66. The first-order valence-corrected chi connectivity index (χ1v) is 10.4. The van der Waals surface area contributed by atoms with Crippen molar-refractivity contribution in [3.63, 3.8) is 0 Å². The van der Waals surface area contributed by atoms with Gasteiger partial charge >= 0.3 is 0 Å². The molecule has 5 heteroatoms. The van der Waals surface area contributed by atoms with Crippen molar-refractivity contribution in [2.45, 2.75) is 13.0 Å². The standard InChI is InChI=1S/C23H27ClN2O2/c24-19-7-8-23-22(16-19)21(20-5-2-1-4-18(20)17-28-23)6-3-9-25-10-12-26(13-11-25)14-15-27/h1-2,4-8,16,27H,3,9-15,17H2/b21-6-. The fourth-order valence-corrected chi connectivity index (χ4v) is 4.21. The summed E-state index contributed by atoms with van der Waals surface area (Å²) in [5.41, 5.74) is 4.73. The maximum Gasteiger partial charge on any atom is 0.127 e.